The Morgan fingerprint density at radius 2 is 2.38 bits per heavy atom. The summed E-state index contributed by atoms with van der Waals surface area (Å²) in [6.45, 7) is 2.28. The van der Waals surface area contributed by atoms with Crippen molar-refractivity contribution >= 4 is 27.3 Å². The van der Waals surface area contributed by atoms with E-state index < -0.39 is 0 Å². The Labute approximate surface area is 90.9 Å². The maximum absolute atomic E-state index is 3.49. The molecule has 1 aromatic heterocycles. The highest BCUT2D eigenvalue weighted by Gasteiger charge is 2.27. The van der Waals surface area contributed by atoms with Crippen LogP contribution in [0.2, 0.25) is 0 Å². The van der Waals surface area contributed by atoms with Gasteiger partial charge in [0, 0.05) is 29.9 Å². The molecular weight excluding hydrogens is 248 g/mol. The zero-order valence-corrected chi connectivity index (χ0v) is 9.91. The van der Waals surface area contributed by atoms with Crippen LogP contribution in [0, 0.1) is 5.92 Å². The molecule has 1 saturated heterocycles. The van der Waals surface area contributed by atoms with E-state index in [9.17, 15) is 0 Å². The van der Waals surface area contributed by atoms with Crippen molar-refractivity contribution in [3.63, 3.8) is 0 Å². The average molecular weight is 261 g/mol. The molecule has 0 spiro atoms. The van der Waals surface area contributed by atoms with E-state index in [1.165, 1.54) is 8.66 Å². The van der Waals surface area contributed by atoms with Crippen LogP contribution in [-0.2, 0) is 0 Å². The standard InChI is InChI=1S/C9H13BrN2S/c1-11-9(6-4-12-5-6)7-2-3-8(10)13-7/h2-3,6,9,11-12H,4-5H2,1H3. The summed E-state index contributed by atoms with van der Waals surface area (Å²) in [5, 5.41) is 6.69. The van der Waals surface area contributed by atoms with Crippen LogP contribution in [0.15, 0.2) is 15.9 Å². The molecular formula is C9H13BrN2S. The summed E-state index contributed by atoms with van der Waals surface area (Å²) < 4.78 is 1.22. The second-order valence-corrected chi connectivity index (χ2v) is 5.82. The van der Waals surface area contributed by atoms with Crippen LogP contribution < -0.4 is 10.6 Å². The monoisotopic (exact) mass is 260 g/mol. The van der Waals surface area contributed by atoms with Gasteiger partial charge < -0.3 is 10.6 Å². The van der Waals surface area contributed by atoms with E-state index in [1.54, 1.807) is 0 Å². The molecule has 2 nitrogen and oxygen atoms in total. The van der Waals surface area contributed by atoms with Gasteiger partial charge in [-0.2, -0.15) is 0 Å². The lowest BCUT2D eigenvalue weighted by atomic mass is 9.93. The summed E-state index contributed by atoms with van der Waals surface area (Å²) in [5.74, 6) is 0.760. The zero-order valence-electron chi connectivity index (χ0n) is 7.51. The summed E-state index contributed by atoms with van der Waals surface area (Å²) in [7, 11) is 2.04. The molecule has 2 heterocycles. The first-order chi connectivity index (χ1) is 6.31. The summed E-state index contributed by atoms with van der Waals surface area (Å²) in [5.41, 5.74) is 0. The first-order valence-corrected chi connectivity index (χ1v) is 6.05. The van der Waals surface area contributed by atoms with E-state index in [-0.39, 0.29) is 0 Å². The van der Waals surface area contributed by atoms with Crippen LogP contribution in [0.5, 0.6) is 0 Å². The second kappa shape index (κ2) is 4.09. The Bertz CT molecular complexity index is 283. The molecule has 0 saturated carbocycles. The van der Waals surface area contributed by atoms with Crippen LogP contribution in [0.1, 0.15) is 10.9 Å². The maximum atomic E-state index is 3.49. The predicted octanol–water partition coefficient (Wildman–Crippen LogP) is 1.99. The van der Waals surface area contributed by atoms with Gasteiger partial charge in [0.25, 0.3) is 0 Å². The highest BCUT2D eigenvalue weighted by Crippen LogP contribution is 2.32. The number of hydrogen-bond donors (Lipinski definition) is 2. The van der Waals surface area contributed by atoms with Gasteiger partial charge in [-0.05, 0) is 35.1 Å². The predicted molar refractivity (Wildman–Crippen MR) is 60.2 cm³/mol. The van der Waals surface area contributed by atoms with Crippen LogP contribution >= 0.6 is 27.3 Å². The summed E-state index contributed by atoms with van der Waals surface area (Å²) in [6, 6.07) is 4.85. The number of halogens is 1. The molecule has 0 aliphatic carbocycles. The molecule has 2 rings (SSSR count). The fourth-order valence-corrected chi connectivity index (χ4v) is 3.28. The van der Waals surface area contributed by atoms with Gasteiger partial charge >= 0.3 is 0 Å². The van der Waals surface area contributed by atoms with E-state index in [2.05, 4.69) is 38.7 Å². The van der Waals surface area contributed by atoms with E-state index in [4.69, 9.17) is 0 Å². The lowest BCUT2D eigenvalue weighted by Crippen LogP contribution is -2.48. The average Bonchev–Trinajstić information content (AvgIpc) is 2.43. The molecule has 1 unspecified atom stereocenters. The van der Waals surface area contributed by atoms with Gasteiger partial charge in [-0.15, -0.1) is 11.3 Å². The van der Waals surface area contributed by atoms with Gasteiger partial charge in [0.1, 0.15) is 0 Å². The van der Waals surface area contributed by atoms with Crippen molar-refractivity contribution in [2.75, 3.05) is 20.1 Å². The highest BCUT2D eigenvalue weighted by atomic mass is 79.9. The zero-order chi connectivity index (χ0) is 9.26. The molecule has 0 aromatic carbocycles. The highest BCUT2D eigenvalue weighted by molar-refractivity contribution is 9.11. The van der Waals surface area contributed by atoms with Crippen molar-refractivity contribution in [2.45, 2.75) is 6.04 Å². The number of rotatable bonds is 3. The summed E-state index contributed by atoms with van der Waals surface area (Å²) >= 11 is 5.32. The van der Waals surface area contributed by atoms with Gasteiger partial charge in [0.05, 0.1) is 3.79 Å². The summed E-state index contributed by atoms with van der Waals surface area (Å²) in [6.07, 6.45) is 0. The van der Waals surface area contributed by atoms with Crippen molar-refractivity contribution in [3.8, 4) is 0 Å². The fraction of sp³-hybridized carbons (Fsp3) is 0.556. The Morgan fingerprint density at radius 1 is 1.62 bits per heavy atom. The largest absolute Gasteiger partial charge is 0.316 e. The molecule has 0 bridgehead atoms. The third kappa shape index (κ3) is 1.96. The molecule has 2 N–H and O–H groups in total. The van der Waals surface area contributed by atoms with E-state index in [0.717, 1.165) is 19.0 Å². The van der Waals surface area contributed by atoms with Crippen molar-refractivity contribution < 1.29 is 0 Å². The van der Waals surface area contributed by atoms with Crippen LogP contribution in [0.4, 0.5) is 0 Å². The fourth-order valence-electron chi connectivity index (χ4n) is 1.65. The van der Waals surface area contributed by atoms with Crippen LogP contribution in [0.25, 0.3) is 0 Å². The lowest BCUT2D eigenvalue weighted by Gasteiger charge is -2.34. The molecule has 4 heteroatoms. The third-order valence-corrected chi connectivity index (χ3v) is 4.20. The molecule has 0 amide bonds. The number of hydrogen-bond acceptors (Lipinski definition) is 3. The van der Waals surface area contributed by atoms with Gasteiger partial charge in [-0.1, -0.05) is 0 Å². The number of thiophene rings is 1. The summed E-state index contributed by atoms with van der Waals surface area (Å²) in [4.78, 5) is 1.43. The van der Waals surface area contributed by atoms with Crippen LogP contribution in [-0.4, -0.2) is 20.1 Å². The van der Waals surface area contributed by atoms with Crippen molar-refractivity contribution in [1.82, 2.24) is 10.6 Å². The van der Waals surface area contributed by atoms with Crippen molar-refractivity contribution in [2.24, 2.45) is 5.92 Å². The van der Waals surface area contributed by atoms with Crippen LogP contribution in [0.3, 0.4) is 0 Å². The second-order valence-electron chi connectivity index (χ2n) is 3.33. The molecule has 0 radical (unpaired) electrons. The lowest BCUT2D eigenvalue weighted by molar-refractivity contribution is 0.271. The molecule has 72 valence electrons. The molecule has 13 heavy (non-hydrogen) atoms. The maximum Gasteiger partial charge on any atom is 0.0701 e. The minimum Gasteiger partial charge on any atom is -0.316 e. The van der Waals surface area contributed by atoms with E-state index >= 15 is 0 Å². The minimum absolute atomic E-state index is 0.526. The SMILES string of the molecule is CNC(c1ccc(Br)s1)C1CNC1. The smallest absolute Gasteiger partial charge is 0.0701 e. The Morgan fingerprint density at radius 3 is 2.77 bits per heavy atom. The van der Waals surface area contributed by atoms with E-state index in [1.807, 2.05) is 18.4 Å². The minimum atomic E-state index is 0.526. The van der Waals surface area contributed by atoms with Gasteiger partial charge in [0.2, 0.25) is 0 Å². The molecule has 1 atom stereocenters. The van der Waals surface area contributed by atoms with Crippen molar-refractivity contribution in [3.05, 3.63) is 20.8 Å². The Kier molecular flexibility index (Phi) is 3.03. The van der Waals surface area contributed by atoms with Gasteiger partial charge in [0.15, 0.2) is 0 Å². The van der Waals surface area contributed by atoms with Gasteiger partial charge in [-0.3, -0.25) is 0 Å². The van der Waals surface area contributed by atoms with E-state index in [0.29, 0.717) is 6.04 Å². The molecule has 1 aliphatic rings. The third-order valence-electron chi connectivity index (χ3n) is 2.50. The normalized spacial score (nSPS) is 19.8. The molecule has 1 aliphatic heterocycles. The number of nitrogens with one attached hydrogen (secondary N) is 2. The quantitative estimate of drug-likeness (QED) is 0.869. The topological polar surface area (TPSA) is 24.1 Å². The first-order valence-electron chi connectivity index (χ1n) is 4.44. The Balaban J connectivity index is 2.11. The first kappa shape index (κ1) is 9.65. The molecule has 1 fully saturated rings. The molecule has 1 aromatic rings. The Hall–Kier alpha value is 0.1000. The van der Waals surface area contributed by atoms with Gasteiger partial charge in [-0.25, -0.2) is 0 Å². The van der Waals surface area contributed by atoms with Crippen molar-refractivity contribution in [1.29, 1.82) is 0 Å².